The Balaban J connectivity index is 1.87. The van der Waals surface area contributed by atoms with E-state index in [0.717, 1.165) is 5.56 Å². The van der Waals surface area contributed by atoms with E-state index in [-0.39, 0.29) is 24.4 Å². The van der Waals surface area contributed by atoms with E-state index in [1.165, 1.54) is 23.4 Å². The van der Waals surface area contributed by atoms with Gasteiger partial charge >= 0.3 is 5.84 Å². The monoisotopic (exact) mass is 368 g/mol. The first-order valence-electron chi connectivity index (χ1n) is 8.28. The summed E-state index contributed by atoms with van der Waals surface area (Å²) in [6.45, 7) is 1.62. The molecule has 9 heteroatoms. The van der Waals surface area contributed by atoms with Crippen molar-refractivity contribution >= 4 is 11.8 Å². The van der Waals surface area contributed by atoms with E-state index < -0.39 is 0 Å². The number of aliphatic hydroxyl groups excluding tert-OH is 1. The Kier molecular flexibility index (Phi) is 4.30. The lowest BCUT2D eigenvalue weighted by molar-refractivity contribution is 0.266. The molecule has 0 bridgehead atoms. The second-order valence-electron chi connectivity index (χ2n) is 6.05. The number of imidazole rings is 1. The highest BCUT2D eigenvalue weighted by Gasteiger charge is 2.21. The first-order chi connectivity index (χ1) is 13.1. The van der Waals surface area contributed by atoms with Crippen LogP contribution >= 0.6 is 0 Å². The molecule has 3 N–H and O–H groups in total. The van der Waals surface area contributed by atoms with E-state index in [4.69, 9.17) is 10.3 Å². The predicted molar refractivity (Wildman–Crippen MR) is 97.1 cm³/mol. The molecule has 138 valence electrons. The van der Waals surface area contributed by atoms with Gasteiger partial charge in [-0.3, -0.25) is 9.41 Å². The van der Waals surface area contributed by atoms with Gasteiger partial charge in [-0.05, 0) is 37.3 Å². The second-order valence-corrected chi connectivity index (χ2v) is 6.05. The molecule has 1 atom stereocenters. The molecule has 3 heterocycles. The second kappa shape index (κ2) is 6.78. The Morgan fingerprint density at radius 2 is 2.04 bits per heavy atom. The number of aromatic nitrogens is 4. The van der Waals surface area contributed by atoms with Crippen molar-refractivity contribution in [2.45, 2.75) is 13.0 Å². The number of hydrogen-bond acceptors (Lipinski definition) is 7. The minimum absolute atomic E-state index is 0.135. The van der Waals surface area contributed by atoms with Crippen LogP contribution < -0.4 is 10.9 Å². The number of hydrazine groups is 1. The van der Waals surface area contributed by atoms with Crippen LogP contribution in [-0.4, -0.2) is 37.1 Å². The zero-order chi connectivity index (χ0) is 19.0. The molecule has 3 aromatic heterocycles. The molecule has 0 aliphatic carbocycles. The molecule has 4 aromatic rings. The van der Waals surface area contributed by atoms with Gasteiger partial charge in [0.15, 0.2) is 0 Å². The van der Waals surface area contributed by atoms with Gasteiger partial charge in [0, 0.05) is 18.0 Å². The molecular formula is C18H17FN6O2. The maximum Gasteiger partial charge on any atom is 0.306 e. The van der Waals surface area contributed by atoms with Crippen molar-refractivity contribution < 1.29 is 13.9 Å². The Bertz CT molecular complexity index is 1080. The van der Waals surface area contributed by atoms with E-state index in [9.17, 15) is 9.50 Å². The van der Waals surface area contributed by atoms with Gasteiger partial charge in [-0.2, -0.15) is 4.98 Å². The van der Waals surface area contributed by atoms with E-state index in [2.05, 4.69) is 15.0 Å². The summed E-state index contributed by atoms with van der Waals surface area (Å²) in [5.41, 5.74) is 2.55. The lowest BCUT2D eigenvalue weighted by Crippen LogP contribution is -2.42. The first-order valence-corrected chi connectivity index (χ1v) is 8.28. The summed E-state index contributed by atoms with van der Waals surface area (Å²) in [6.07, 6.45) is 4.82. The minimum atomic E-state index is -0.351. The standard InChI is InChI=1S/C18H17FN6O2/c1-11(10-26)25(20)17-21-7-6-14(22-17)16-15(12-2-4-13(19)5-3-12)23-18-24(16)8-9-27-18/h2-9,11,26H,10,20H2,1H3. The van der Waals surface area contributed by atoms with Crippen LogP contribution in [0.5, 0.6) is 0 Å². The SMILES string of the molecule is CC(CO)N(N)c1nccc(-c2c(-c3ccc(F)cc3)nc3occn23)n1. The molecule has 1 unspecified atom stereocenters. The molecule has 1 aromatic carbocycles. The maximum absolute atomic E-state index is 13.3. The van der Waals surface area contributed by atoms with Gasteiger partial charge in [-0.15, -0.1) is 0 Å². The third kappa shape index (κ3) is 3.03. The summed E-state index contributed by atoms with van der Waals surface area (Å²) in [6, 6.07) is 7.41. The smallest absolute Gasteiger partial charge is 0.306 e. The summed E-state index contributed by atoms with van der Waals surface area (Å²) >= 11 is 0. The highest BCUT2D eigenvalue weighted by molar-refractivity contribution is 5.79. The summed E-state index contributed by atoms with van der Waals surface area (Å²) in [4.78, 5) is 13.2. The minimum Gasteiger partial charge on any atom is -0.432 e. The molecule has 0 aliphatic heterocycles. The molecule has 0 fully saturated rings. The number of halogens is 1. The summed E-state index contributed by atoms with van der Waals surface area (Å²) in [7, 11) is 0. The molecule has 27 heavy (non-hydrogen) atoms. The van der Waals surface area contributed by atoms with E-state index in [0.29, 0.717) is 22.9 Å². The van der Waals surface area contributed by atoms with Crippen LogP contribution in [0.15, 0.2) is 53.4 Å². The molecule has 8 nitrogen and oxygen atoms in total. The van der Waals surface area contributed by atoms with Gasteiger partial charge in [0.25, 0.3) is 0 Å². The van der Waals surface area contributed by atoms with Crippen molar-refractivity contribution in [3.8, 4) is 22.6 Å². The van der Waals surface area contributed by atoms with Crippen molar-refractivity contribution in [3.05, 3.63) is 54.8 Å². The van der Waals surface area contributed by atoms with Crippen LogP contribution in [0.1, 0.15) is 6.92 Å². The fourth-order valence-corrected chi connectivity index (χ4v) is 2.73. The van der Waals surface area contributed by atoms with Gasteiger partial charge in [0.1, 0.15) is 23.5 Å². The van der Waals surface area contributed by atoms with Crippen LogP contribution in [0.25, 0.3) is 28.5 Å². The number of nitrogens with two attached hydrogens (primary N) is 1. The van der Waals surface area contributed by atoms with E-state index in [1.54, 1.807) is 41.9 Å². The fourth-order valence-electron chi connectivity index (χ4n) is 2.73. The Morgan fingerprint density at radius 3 is 2.78 bits per heavy atom. The lowest BCUT2D eigenvalue weighted by atomic mass is 10.1. The van der Waals surface area contributed by atoms with Gasteiger partial charge in [0.05, 0.1) is 18.3 Å². The largest absolute Gasteiger partial charge is 0.432 e. The normalized spacial score (nSPS) is 12.4. The third-order valence-corrected chi connectivity index (χ3v) is 4.24. The number of hydrogen-bond donors (Lipinski definition) is 2. The molecular weight excluding hydrogens is 351 g/mol. The Morgan fingerprint density at radius 1 is 1.26 bits per heavy atom. The number of benzene rings is 1. The molecule has 0 saturated carbocycles. The number of oxazole rings is 1. The molecule has 4 rings (SSSR count). The van der Waals surface area contributed by atoms with Gasteiger partial charge in [-0.25, -0.2) is 20.2 Å². The fraction of sp³-hybridized carbons (Fsp3) is 0.167. The van der Waals surface area contributed by atoms with Crippen molar-refractivity contribution in [1.29, 1.82) is 0 Å². The number of anilines is 1. The van der Waals surface area contributed by atoms with Crippen LogP contribution in [0, 0.1) is 5.82 Å². The lowest BCUT2D eigenvalue weighted by Gasteiger charge is -2.22. The first kappa shape index (κ1) is 17.1. The molecule has 0 saturated heterocycles. The molecule has 0 spiro atoms. The van der Waals surface area contributed by atoms with Gasteiger partial charge < -0.3 is 9.52 Å². The summed E-state index contributed by atoms with van der Waals surface area (Å²) in [5, 5.41) is 10.6. The zero-order valence-corrected chi connectivity index (χ0v) is 14.5. The van der Waals surface area contributed by atoms with Gasteiger partial charge in [0.2, 0.25) is 5.95 Å². The number of fused-ring (bicyclic) bond motifs is 1. The van der Waals surface area contributed by atoms with Crippen LogP contribution in [0.2, 0.25) is 0 Å². The van der Waals surface area contributed by atoms with Crippen molar-refractivity contribution in [2.75, 3.05) is 11.6 Å². The number of rotatable bonds is 5. The average Bonchev–Trinajstić information content (AvgIpc) is 3.28. The van der Waals surface area contributed by atoms with E-state index >= 15 is 0 Å². The highest BCUT2D eigenvalue weighted by atomic mass is 19.1. The zero-order valence-electron chi connectivity index (χ0n) is 14.5. The third-order valence-electron chi connectivity index (χ3n) is 4.24. The maximum atomic E-state index is 13.3. The average molecular weight is 368 g/mol. The molecule has 0 amide bonds. The van der Waals surface area contributed by atoms with Crippen molar-refractivity contribution in [1.82, 2.24) is 19.4 Å². The van der Waals surface area contributed by atoms with Crippen LogP contribution in [0.3, 0.4) is 0 Å². The highest BCUT2D eigenvalue weighted by Crippen LogP contribution is 2.32. The predicted octanol–water partition coefficient (Wildman–Crippen LogP) is 2.25. The Hall–Kier alpha value is -3.30. The topological polar surface area (TPSA) is 106 Å². The van der Waals surface area contributed by atoms with Crippen molar-refractivity contribution in [3.63, 3.8) is 0 Å². The van der Waals surface area contributed by atoms with Gasteiger partial charge in [-0.1, -0.05) is 0 Å². The van der Waals surface area contributed by atoms with Crippen LogP contribution in [-0.2, 0) is 0 Å². The van der Waals surface area contributed by atoms with E-state index in [1.807, 2.05) is 0 Å². The molecule has 0 radical (unpaired) electrons. The molecule has 0 aliphatic rings. The van der Waals surface area contributed by atoms with Crippen molar-refractivity contribution in [2.24, 2.45) is 5.84 Å². The number of nitrogens with zero attached hydrogens (tertiary/aromatic N) is 5. The quantitative estimate of drug-likeness (QED) is 0.411. The summed E-state index contributed by atoms with van der Waals surface area (Å²) in [5.74, 6) is 6.31. The Labute approximate surface area is 153 Å². The summed E-state index contributed by atoms with van der Waals surface area (Å²) < 4.78 is 20.5. The number of aliphatic hydroxyl groups is 1. The van der Waals surface area contributed by atoms with Crippen LogP contribution in [0.4, 0.5) is 10.3 Å².